The Balaban J connectivity index is 2.09. The van der Waals surface area contributed by atoms with E-state index < -0.39 is 0 Å². The van der Waals surface area contributed by atoms with Crippen molar-refractivity contribution in [1.82, 2.24) is 5.43 Å². The van der Waals surface area contributed by atoms with Crippen LogP contribution in [0.2, 0.25) is 5.02 Å². The predicted octanol–water partition coefficient (Wildman–Crippen LogP) is 5.10. The number of rotatable bonds is 3. The Morgan fingerprint density at radius 2 is 1.77 bits per heavy atom. The number of hydrazone groups is 1. The third-order valence-corrected chi connectivity index (χ3v) is 5.04. The number of halogens is 4. The molecule has 2 aromatic carbocycles. The van der Waals surface area contributed by atoms with Gasteiger partial charge in [-0.25, -0.2) is 5.43 Å². The maximum Gasteiger partial charge on any atom is 0.271 e. The standard InChI is InChI=1S/C14H8Br3ClN2O2/c15-9-2-1-8(5-12(9)18)14(22)20-19-6-7-3-10(16)13(21)11(17)4-7/h1-6,21H,(H,20,22)/b19-6+. The van der Waals surface area contributed by atoms with Crippen LogP contribution in [0.15, 0.2) is 48.9 Å². The summed E-state index contributed by atoms with van der Waals surface area (Å²) in [5.41, 5.74) is 3.51. The second kappa shape index (κ2) is 7.59. The first kappa shape index (κ1) is 17.5. The first-order chi connectivity index (χ1) is 10.4. The first-order valence-electron chi connectivity index (χ1n) is 5.85. The molecule has 0 aliphatic heterocycles. The fourth-order valence-corrected chi connectivity index (χ4v) is 3.18. The van der Waals surface area contributed by atoms with E-state index >= 15 is 0 Å². The topological polar surface area (TPSA) is 61.7 Å². The van der Waals surface area contributed by atoms with Gasteiger partial charge in [-0.1, -0.05) is 11.6 Å². The van der Waals surface area contributed by atoms with Crippen LogP contribution in [0.4, 0.5) is 0 Å². The number of nitrogens with zero attached hydrogens (tertiary/aromatic N) is 1. The smallest absolute Gasteiger partial charge is 0.271 e. The molecular formula is C14H8Br3ClN2O2. The molecule has 114 valence electrons. The van der Waals surface area contributed by atoms with Gasteiger partial charge >= 0.3 is 0 Å². The lowest BCUT2D eigenvalue weighted by molar-refractivity contribution is 0.0955. The van der Waals surface area contributed by atoms with Crippen LogP contribution in [-0.2, 0) is 0 Å². The SMILES string of the molecule is O=C(N/N=C/c1cc(Br)c(O)c(Br)c1)c1ccc(Br)c(Cl)c1. The fraction of sp³-hybridized carbons (Fsp3) is 0. The molecule has 0 aliphatic carbocycles. The van der Waals surface area contributed by atoms with Crippen LogP contribution in [-0.4, -0.2) is 17.2 Å². The summed E-state index contributed by atoms with van der Waals surface area (Å²) in [6.45, 7) is 0. The van der Waals surface area contributed by atoms with Crippen LogP contribution in [0.1, 0.15) is 15.9 Å². The summed E-state index contributed by atoms with van der Waals surface area (Å²) in [4.78, 5) is 11.9. The molecule has 0 saturated heterocycles. The molecule has 1 amide bonds. The van der Waals surface area contributed by atoms with E-state index in [0.29, 0.717) is 29.6 Å². The minimum atomic E-state index is -0.373. The van der Waals surface area contributed by atoms with Crippen molar-refractivity contribution in [2.45, 2.75) is 0 Å². The van der Waals surface area contributed by atoms with Crippen molar-refractivity contribution in [3.8, 4) is 5.75 Å². The van der Waals surface area contributed by atoms with Crippen molar-refractivity contribution >= 4 is 71.5 Å². The number of carbonyl (C=O) groups is 1. The number of amides is 1. The van der Waals surface area contributed by atoms with Gasteiger partial charge in [0.2, 0.25) is 0 Å². The van der Waals surface area contributed by atoms with E-state index in [1.54, 1.807) is 30.3 Å². The van der Waals surface area contributed by atoms with Crippen LogP contribution in [0.25, 0.3) is 0 Å². The molecule has 0 saturated carbocycles. The average molecular weight is 511 g/mol. The van der Waals surface area contributed by atoms with Gasteiger partial charge in [0.25, 0.3) is 5.91 Å². The number of phenols is 1. The Morgan fingerprint density at radius 1 is 1.14 bits per heavy atom. The monoisotopic (exact) mass is 508 g/mol. The molecular weight excluding hydrogens is 503 g/mol. The summed E-state index contributed by atoms with van der Waals surface area (Å²) < 4.78 is 1.76. The Kier molecular flexibility index (Phi) is 6.02. The van der Waals surface area contributed by atoms with Crippen molar-refractivity contribution in [3.63, 3.8) is 0 Å². The van der Waals surface area contributed by atoms with Gasteiger partial charge in [-0.05, 0) is 83.7 Å². The number of hydrogen-bond donors (Lipinski definition) is 2. The Labute approximate surface area is 156 Å². The van der Waals surface area contributed by atoms with E-state index in [-0.39, 0.29) is 11.7 Å². The number of carbonyl (C=O) groups excluding carboxylic acids is 1. The Hall–Kier alpha value is -0.890. The van der Waals surface area contributed by atoms with Crippen molar-refractivity contribution < 1.29 is 9.90 Å². The van der Waals surface area contributed by atoms with E-state index in [1.807, 2.05) is 0 Å². The number of aromatic hydroxyl groups is 1. The molecule has 0 fully saturated rings. The molecule has 4 nitrogen and oxygen atoms in total. The number of hydrogen-bond acceptors (Lipinski definition) is 3. The normalized spacial score (nSPS) is 10.9. The van der Waals surface area contributed by atoms with E-state index in [9.17, 15) is 9.90 Å². The van der Waals surface area contributed by atoms with Crippen LogP contribution < -0.4 is 5.43 Å². The van der Waals surface area contributed by atoms with Gasteiger partial charge in [0.15, 0.2) is 0 Å². The zero-order valence-electron chi connectivity index (χ0n) is 10.8. The summed E-state index contributed by atoms with van der Waals surface area (Å²) in [6, 6.07) is 8.21. The molecule has 22 heavy (non-hydrogen) atoms. The number of benzene rings is 2. The molecule has 0 aliphatic rings. The summed E-state index contributed by atoms with van der Waals surface area (Å²) in [6.07, 6.45) is 1.47. The second-order valence-corrected chi connectivity index (χ2v) is 7.13. The van der Waals surface area contributed by atoms with E-state index in [2.05, 4.69) is 58.3 Å². The van der Waals surface area contributed by atoms with Crippen molar-refractivity contribution in [3.05, 3.63) is 59.9 Å². The quantitative estimate of drug-likeness (QED) is 0.445. The minimum Gasteiger partial charge on any atom is -0.506 e. The summed E-state index contributed by atoms with van der Waals surface area (Å²) in [7, 11) is 0. The molecule has 0 bridgehead atoms. The zero-order valence-corrected chi connectivity index (χ0v) is 16.3. The molecule has 2 aromatic rings. The zero-order chi connectivity index (χ0) is 16.3. The van der Waals surface area contributed by atoms with Gasteiger partial charge in [-0.3, -0.25) is 4.79 Å². The molecule has 0 aromatic heterocycles. The highest BCUT2D eigenvalue weighted by atomic mass is 79.9. The van der Waals surface area contributed by atoms with E-state index in [1.165, 1.54) is 6.21 Å². The van der Waals surface area contributed by atoms with Gasteiger partial charge in [-0.2, -0.15) is 5.10 Å². The van der Waals surface area contributed by atoms with Crippen molar-refractivity contribution in [2.75, 3.05) is 0 Å². The molecule has 0 spiro atoms. The summed E-state index contributed by atoms with van der Waals surface area (Å²) >= 11 is 15.6. The van der Waals surface area contributed by atoms with Gasteiger partial charge in [-0.15, -0.1) is 0 Å². The van der Waals surface area contributed by atoms with Crippen molar-refractivity contribution in [2.24, 2.45) is 5.10 Å². The molecule has 0 atom stereocenters. The fourth-order valence-electron chi connectivity index (χ4n) is 1.53. The highest BCUT2D eigenvalue weighted by Crippen LogP contribution is 2.32. The van der Waals surface area contributed by atoms with Gasteiger partial charge in [0, 0.05) is 10.0 Å². The maximum atomic E-state index is 11.9. The number of phenolic OH excluding ortho intramolecular Hbond substituents is 1. The molecule has 0 radical (unpaired) electrons. The average Bonchev–Trinajstić information content (AvgIpc) is 2.47. The largest absolute Gasteiger partial charge is 0.506 e. The highest BCUT2D eigenvalue weighted by molar-refractivity contribution is 9.11. The molecule has 0 heterocycles. The second-order valence-electron chi connectivity index (χ2n) is 4.16. The van der Waals surface area contributed by atoms with Gasteiger partial charge in [0.05, 0.1) is 20.2 Å². The molecule has 2 N–H and O–H groups in total. The van der Waals surface area contributed by atoms with Crippen molar-refractivity contribution in [1.29, 1.82) is 0 Å². The van der Waals surface area contributed by atoms with Crippen LogP contribution in [0, 0.1) is 0 Å². The number of nitrogens with one attached hydrogen (secondary N) is 1. The summed E-state index contributed by atoms with van der Waals surface area (Å²) in [5.74, 6) is -0.270. The maximum absolute atomic E-state index is 11.9. The van der Waals surface area contributed by atoms with Crippen LogP contribution in [0.5, 0.6) is 5.75 Å². The summed E-state index contributed by atoms with van der Waals surface area (Å²) in [5, 5.41) is 13.9. The molecule has 8 heteroatoms. The van der Waals surface area contributed by atoms with Crippen LogP contribution in [0.3, 0.4) is 0 Å². The predicted molar refractivity (Wildman–Crippen MR) is 97.7 cm³/mol. The van der Waals surface area contributed by atoms with E-state index in [4.69, 9.17) is 11.6 Å². The lowest BCUT2D eigenvalue weighted by atomic mass is 10.2. The third-order valence-electron chi connectivity index (χ3n) is 2.60. The Morgan fingerprint density at radius 3 is 2.36 bits per heavy atom. The molecule has 0 unspecified atom stereocenters. The lowest BCUT2D eigenvalue weighted by Crippen LogP contribution is -2.17. The van der Waals surface area contributed by atoms with E-state index in [0.717, 1.165) is 0 Å². The third kappa shape index (κ3) is 4.32. The first-order valence-corrected chi connectivity index (χ1v) is 8.60. The molecule has 2 rings (SSSR count). The lowest BCUT2D eigenvalue weighted by Gasteiger charge is -2.03. The highest BCUT2D eigenvalue weighted by Gasteiger charge is 2.07. The Bertz CT molecular complexity index is 743. The minimum absolute atomic E-state index is 0.102. The van der Waals surface area contributed by atoms with Crippen LogP contribution >= 0.6 is 59.4 Å². The van der Waals surface area contributed by atoms with Gasteiger partial charge < -0.3 is 5.11 Å². The van der Waals surface area contributed by atoms with Gasteiger partial charge in [0.1, 0.15) is 5.75 Å².